The van der Waals surface area contributed by atoms with Crippen LogP contribution in [0.4, 0.5) is 9.59 Å². The lowest BCUT2D eigenvalue weighted by Gasteiger charge is -2.39. The maximum atomic E-state index is 13.3. The number of amides is 4. The molecule has 6 fully saturated rings. The lowest BCUT2D eigenvalue weighted by molar-refractivity contribution is 0.00386. The molecule has 6 aromatic rings. The maximum Gasteiger partial charge on any atom is 0.410 e. The van der Waals surface area contributed by atoms with Crippen molar-refractivity contribution in [3.63, 3.8) is 0 Å². The molecule has 5 N–H and O–H groups in total. The van der Waals surface area contributed by atoms with Gasteiger partial charge >= 0.3 is 18.2 Å². The molecule has 105 heavy (non-hydrogen) atoms. The van der Waals surface area contributed by atoms with Crippen molar-refractivity contribution in [3.05, 3.63) is 214 Å². The second kappa shape index (κ2) is 35.6. The average Bonchev–Trinajstić information content (AvgIpc) is 1.60. The molecule has 6 aromatic carbocycles. The minimum atomic E-state index is -3.60. The Morgan fingerprint density at radius 3 is 1.04 bits per heavy atom. The zero-order valence-electron chi connectivity index (χ0n) is 62.0. The van der Waals surface area contributed by atoms with Crippen molar-refractivity contribution >= 4 is 60.0 Å². The lowest BCUT2D eigenvalue weighted by Crippen LogP contribution is -2.50. The summed E-state index contributed by atoms with van der Waals surface area (Å²) in [5.74, 6) is 1.09. The Bertz CT molecular complexity index is 4210. The van der Waals surface area contributed by atoms with Crippen LogP contribution < -0.4 is 14.6 Å². The largest absolute Gasteiger partial charge is 0.478 e. The van der Waals surface area contributed by atoms with Gasteiger partial charge in [0.25, 0.3) is 11.8 Å². The number of benzene rings is 6. The molecule has 3 saturated carbocycles. The number of nitrogens with zero attached hydrogens (tertiary/aromatic N) is 5. The van der Waals surface area contributed by atoms with Crippen molar-refractivity contribution in [1.29, 1.82) is 0 Å². The molecule has 4 amide bonds. The number of carboxylic acid groups (broad SMARTS) is 1. The van der Waals surface area contributed by atoms with E-state index in [1.54, 1.807) is 36.4 Å². The van der Waals surface area contributed by atoms with E-state index in [1.807, 2.05) is 121 Å². The van der Waals surface area contributed by atoms with Gasteiger partial charge in [-0.15, -0.1) is 0 Å². The van der Waals surface area contributed by atoms with E-state index in [9.17, 15) is 49.2 Å². The van der Waals surface area contributed by atoms with Gasteiger partial charge in [0.15, 0.2) is 0 Å². The summed E-state index contributed by atoms with van der Waals surface area (Å²) in [5, 5.41) is 13.4. The Balaban J connectivity index is 0.000000177. The number of rotatable bonds is 20. The molecule has 3 saturated heterocycles. The Labute approximate surface area is 621 Å². The Morgan fingerprint density at radius 1 is 0.448 bits per heavy atom. The number of carboxylic acids is 1. The summed E-state index contributed by atoms with van der Waals surface area (Å²) in [7, 11) is -10.3. The number of ether oxygens (including phenoxy) is 2. The molecular formula is C80H106N8O14S3. The van der Waals surface area contributed by atoms with Crippen LogP contribution in [0.5, 0.6) is 0 Å². The van der Waals surface area contributed by atoms with E-state index in [4.69, 9.17) is 14.6 Å². The van der Waals surface area contributed by atoms with E-state index < -0.39 is 59.1 Å². The molecule has 22 nitrogen and oxygen atoms in total. The molecule has 12 rings (SSSR count). The first-order valence-corrected chi connectivity index (χ1v) is 42.1. The second-order valence-corrected chi connectivity index (χ2v) is 36.2. The normalized spacial score (nSPS) is 21.0. The zero-order valence-corrected chi connectivity index (χ0v) is 64.5. The van der Waals surface area contributed by atoms with Gasteiger partial charge in [-0.3, -0.25) is 24.3 Å². The molecule has 3 aliphatic heterocycles. The molecule has 25 heteroatoms. The Hall–Kier alpha value is -8.04. The minimum Gasteiger partial charge on any atom is -0.478 e. The number of hydrogen-bond donors (Lipinski definition) is 4. The number of aromatic carboxylic acids is 1. The second-order valence-electron chi connectivity index (χ2n) is 31.0. The van der Waals surface area contributed by atoms with Crippen LogP contribution in [0.15, 0.2) is 164 Å². The van der Waals surface area contributed by atoms with Crippen LogP contribution in [0.3, 0.4) is 0 Å². The monoisotopic (exact) mass is 1500 g/mol. The van der Waals surface area contributed by atoms with Gasteiger partial charge < -0.3 is 24.4 Å². The highest BCUT2D eigenvalue weighted by atomic mass is 32.2. The van der Waals surface area contributed by atoms with Gasteiger partial charge in [-0.25, -0.2) is 54.2 Å². The SMILES string of the molecule is CC(C)(C)OC(=O)N(C1CCN(Cc2ccc(C(=O)NS(C)(=O)=O)cc2)CC1)[C@@H]1C[C@H]1c1ccccc1.CC(C)(C)OC(=O)N(C1CCN(Cc2ccc(C(=O)O)cc2)CC1)[C@@H]1C[C@H]1c1ccccc1.CS(=O)(=O)NC(=O)c1ccc(CN2CCC(C[C@@H]3C[C@H]3c3ccccc3)CC2)cc1.CS(N)(=O)=O. The quantitative estimate of drug-likeness (QED) is 0.0552. The predicted octanol–water partition coefficient (Wildman–Crippen LogP) is 12.0. The summed E-state index contributed by atoms with van der Waals surface area (Å²) in [4.78, 5) is 72.7. The van der Waals surface area contributed by atoms with Gasteiger partial charge in [-0.2, -0.15) is 0 Å². The Morgan fingerprint density at radius 2 is 0.743 bits per heavy atom. The fourth-order valence-corrected chi connectivity index (χ4v) is 15.4. The van der Waals surface area contributed by atoms with E-state index in [1.165, 1.54) is 42.4 Å². The third-order valence-corrected chi connectivity index (χ3v) is 20.8. The summed E-state index contributed by atoms with van der Waals surface area (Å²) in [5.41, 5.74) is 7.28. The minimum absolute atomic E-state index is 0.131. The number of likely N-dealkylation sites (tertiary alicyclic amines) is 3. The van der Waals surface area contributed by atoms with Crippen molar-refractivity contribution < 1.29 is 63.8 Å². The summed E-state index contributed by atoms with van der Waals surface area (Å²) in [6, 6.07) is 53.7. The molecule has 3 aliphatic carbocycles. The fourth-order valence-electron chi connectivity index (χ4n) is 14.5. The number of primary sulfonamides is 1. The fraction of sp³-hybridized carbons (Fsp3) is 0.487. The van der Waals surface area contributed by atoms with E-state index in [0.29, 0.717) is 28.5 Å². The van der Waals surface area contributed by atoms with Crippen molar-refractivity contribution in [1.82, 2.24) is 33.9 Å². The molecule has 0 radical (unpaired) electrons. The molecule has 6 atom stereocenters. The number of hydrogen-bond acceptors (Lipinski definition) is 16. The first-order chi connectivity index (χ1) is 49.5. The van der Waals surface area contributed by atoms with E-state index >= 15 is 0 Å². The summed E-state index contributed by atoms with van der Waals surface area (Å²) >= 11 is 0. The summed E-state index contributed by atoms with van der Waals surface area (Å²) in [6.45, 7) is 19.6. The number of nitrogens with one attached hydrogen (secondary N) is 2. The van der Waals surface area contributed by atoms with Gasteiger partial charge in [0.2, 0.25) is 30.1 Å². The van der Waals surface area contributed by atoms with Gasteiger partial charge in [0.1, 0.15) is 11.2 Å². The van der Waals surface area contributed by atoms with Crippen LogP contribution in [0.25, 0.3) is 0 Å². The molecule has 0 unspecified atom stereocenters. The van der Waals surface area contributed by atoms with Gasteiger partial charge in [-0.05, 0) is 206 Å². The number of carbonyl (C=O) groups is 5. The molecule has 0 aromatic heterocycles. The Kier molecular flexibility index (Phi) is 27.5. The van der Waals surface area contributed by atoms with Crippen molar-refractivity contribution in [2.75, 3.05) is 58.0 Å². The molecule has 568 valence electrons. The molecule has 0 spiro atoms. The van der Waals surface area contributed by atoms with Gasteiger partial charge in [0, 0.05) is 92.9 Å². The third-order valence-electron chi connectivity index (χ3n) is 19.7. The number of carbonyl (C=O) groups excluding carboxylic acids is 4. The highest BCUT2D eigenvalue weighted by Crippen LogP contribution is 2.52. The van der Waals surface area contributed by atoms with Crippen molar-refractivity contribution in [2.45, 2.75) is 179 Å². The zero-order chi connectivity index (χ0) is 76.0. The average molecular weight is 1500 g/mol. The van der Waals surface area contributed by atoms with Crippen LogP contribution in [-0.4, -0.2) is 178 Å². The highest BCUT2D eigenvalue weighted by molar-refractivity contribution is 7.89. The molecule has 6 aliphatic rings. The summed E-state index contributed by atoms with van der Waals surface area (Å²) < 4.78 is 79.4. The van der Waals surface area contributed by atoms with Crippen LogP contribution in [0, 0.1) is 11.8 Å². The number of nitrogens with two attached hydrogens (primary N) is 1. The van der Waals surface area contributed by atoms with Gasteiger partial charge in [-0.1, -0.05) is 127 Å². The predicted molar refractivity (Wildman–Crippen MR) is 408 cm³/mol. The van der Waals surface area contributed by atoms with E-state index in [2.05, 4.69) is 86.6 Å². The van der Waals surface area contributed by atoms with Crippen LogP contribution >= 0.6 is 0 Å². The first-order valence-electron chi connectivity index (χ1n) is 36.3. The number of piperidine rings is 3. The van der Waals surface area contributed by atoms with Crippen LogP contribution in [-0.2, 0) is 59.2 Å². The summed E-state index contributed by atoms with van der Waals surface area (Å²) in [6.07, 6.45) is 13.2. The van der Waals surface area contributed by atoms with Crippen LogP contribution in [0.1, 0.15) is 188 Å². The van der Waals surface area contributed by atoms with E-state index in [0.717, 1.165) is 151 Å². The first kappa shape index (κ1) is 81.0. The topological polar surface area (TPSA) is 293 Å². The number of sulfonamides is 3. The highest BCUT2D eigenvalue weighted by Gasteiger charge is 2.50. The molecular weight excluding hydrogens is 1390 g/mol. The van der Waals surface area contributed by atoms with E-state index in [-0.39, 0.29) is 36.4 Å². The lowest BCUT2D eigenvalue weighted by atomic mass is 9.90. The van der Waals surface area contributed by atoms with Crippen LogP contribution in [0.2, 0.25) is 0 Å². The molecule has 3 heterocycles. The standard InChI is InChI=1S/C28H37N3O5S.C27H34N2O4.C24H30N2O3S.CH5NO2S/c1-28(2,3)36-27(33)31(25-18-24(25)21-8-6-5-7-9-21)23-14-16-30(17-15-23)19-20-10-12-22(13-11-20)26(32)29-37(4,34)35;1-27(2,3)33-26(32)29(24-17-23(24)20-7-5-4-6-8-20)22-13-15-28(16-14-22)18-19-9-11-21(12-10-19)25(30)31;1-30(28,29)25-24(27)21-9-7-19(8-10-21)17-26-13-11-18(12-14-26)15-22-16-23(22)20-5-3-2-4-6-20;1-5(2,3)4/h5-13,23-25H,14-19H2,1-4H3,(H,29,32);4-12,22-24H,13-18H2,1-3H3,(H,30,31);2-10,18,22-23H,11-17H2,1H3,(H,25,27);1H3,(H2,2,3,4)/t24-,25+;23-,24+;22-,23+;/m001./s1. The van der Waals surface area contributed by atoms with Crippen molar-refractivity contribution in [2.24, 2.45) is 17.0 Å². The maximum absolute atomic E-state index is 13.3. The van der Waals surface area contributed by atoms with Crippen molar-refractivity contribution in [3.8, 4) is 0 Å². The van der Waals surface area contributed by atoms with Gasteiger partial charge in [0.05, 0.1) is 24.3 Å². The third kappa shape index (κ3) is 26.8. The smallest absolute Gasteiger partial charge is 0.410 e. The molecule has 0 bridgehead atoms.